The third kappa shape index (κ3) is 4.32. The maximum Gasteiger partial charge on any atom is 0.335 e. The molecule has 0 saturated carbocycles. The van der Waals surface area contributed by atoms with E-state index < -0.39 is 5.97 Å². The molecule has 4 nitrogen and oxygen atoms in total. The fourth-order valence-electron chi connectivity index (χ4n) is 2.79. The number of benzene rings is 1. The highest BCUT2D eigenvalue weighted by Gasteiger charge is 2.18. The van der Waals surface area contributed by atoms with Crippen LogP contribution in [0.4, 0.5) is 0 Å². The molecule has 1 aromatic carbocycles. The molecule has 2 N–H and O–H groups in total. The number of hydrogen-bond donors (Lipinski definition) is 2. The van der Waals surface area contributed by atoms with Crippen LogP contribution in [0.1, 0.15) is 35.2 Å². The highest BCUT2D eigenvalue weighted by molar-refractivity contribution is 5.87. The number of aromatic carboxylic acids is 1. The highest BCUT2D eigenvalue weighted by atomic mass is 16.4. The number of carbonyl (C=O) groups is 1. The molecule has 110 valence electrons. The number of carboxylic acid groups (broad SMARTS) is 1. The van der Waals surface area contributed by atoms with Gasteiger partial charge in [0.25, 0.3) is 0 Å². The van der Waals surface area contributed by atoms with Gasteiger partial charge in [-0.2, -0.15) is 0 Å². The Kier molecular flexibility index (Phi) is 5.56. The first-order valence-corrected chi connectivity index (χ1v) is 7.38. The Hall–Kier alpha value is -1.39. The maximum atomic E-state index is 10.8. The number of nitrogens with zero attached hydrogens (tertiary/aromatic N) is 1. The summed E-state index contributed by atoms with van der Waals surface area (Å²) in [5.41, 5.74) is 1.56. The van der Waals surface area contributed by atoms with Crippen LogP contribution in [0.3, 0.4) is 0 Å². The van der Waals surface area contributed by atoms with Gasteiger partial charge < -0.3 is 10.4 Å². The standard InChI is InChI=1S/C16H24N2O2/c1-17-9-6-13-7-10-18(11-8-13)12-14-2-4-15(5-3-14)16(19)20/h2-5,13,17H,6-12H2,1H3,(H,19,20). The molecule has 0 unspecified atom stereocenters. The van der Waals surface area contributed by atoms with Gasteiger partial charge in [-0.1, -0.05) is 12.1 Å². The summed E-state index contributed by atoms with van der Waals surface area (Å²) in [6.45, 7) is 4.34. The number of carboxylic acids is 1. The van der Waals surface area contributed by atoms with Crippen LogP contribution in [-0.4, -0.2) is 42.7 Å². The van der Waals surface area contributed by atoms with Gasteiger partial charge in [-0.15, -0.1) is 0 Å². The summed E-state index contributed by atoms with van der Waals surface area (Å²) in [5.74, 6) is -0.00464. The Morgan fingerprint density at radius 3 is 2.50 bits per heavy atom. The third-order valence-corrected chi connectivity index (χ3v) is 4.12. The lowest BCUT2D eigenvalue weighted by Crippen LogP contribution is -2.34. The van der Waals surface area contributed by atoms with Crippen LogP contribution >= 0.6 is 0 Å². The first kappa shape index (κ1) is 15.0. The molecule has 1 fully saturated rings. The van der Waals surface area contributed by atoms with E-state index in [0.717, 1.165) is 32.1 Å². The molecule has 1 heterocycles. The van der Waals surface area contributed by atoms with Crippen LogP contribution in [0.15, 0.2) is 24.3 Å². The van der Waals surface area contributed by atoms with E-state index in [0.29, 0.717) is 5.56 Å². The van der Waals surface area contributed by atoms with Crippen LogP contribution in [0.2, 0.25) is 0 Å². The zero-order chi connectivity index (χ0) is 14.4. The molecular weight excluding hydrogens is 252 g/mol. The van der Waals surface area contributed by atoms with E-state index in [2.05, 4.69) is 10.2 Å². The molecule has 0 aliphatic carbocycles. The van der Waals surface area contributed by atoms with Gasteiger partial charge in [0.1, 0.15) is 0 Å². The van der Waals surface area contributed by atoms with Gasteiger partial charge in [-0.25, -0.2) is 4.79 Å². The predicted octanol–water partition coefficient (Wildman–Crippen LogP) is 2.21. The Morgan fingerprint density at radius 1 is 1.30 bits per heavy atom. The Balaban J connectivity index is 1.79. The van der Waals surface area contributed by atoms with Gasteiger partial charge in [0.2, 0.25) is 0 Å². The summed E-state index contributed by atoms with van der Waals surface area (Å²) in [4.78, 5) is 13.3. The second kappa shape index (κ2) is 7.41. The van der Waals surface area contributed by atoms with Crippen molar-refractivity contribution in [2.45, 2.75) is 25.8 Å². The third-order valence-electron chi connectivity index (χ3n) is 4.12. The van der Waals surface area contributed by atoms with E-state index in [-0.39, 0.29) is 0 Å². The molecule has 20 heavy (non-hydrogen) atoms. The summed E-state index contributed by atoms with van der Waals surface area (Å²) >= 11 is 0. The van der Waals surface area contributed by atoms with Crippen LogP contribution in [0, 0.1) is 5.92 Å². The van der Waals surface area contributed by atoms with E-state index in [9.17, 15) is 4.79 Å². The van der Waals surface area contributed by atoms with Crippen molar-refractivity contribution in [1.29, 1.82) is 0 Å². The first-order valence-electron chi connectivity index (χ1n) is 7.38. The fraction of sp³-hybridized carbons (Fsp3) is 0.562. The summed E-state index contributed by atoms with van der Waals surface area (Å²) in [6.07, 6.45) is 3.82. The van der Waals surface area contributed by atoms with Crippen molar-refractivity contribution in [3.05, 3.63) is 35.4 Å². The van der Waals surface area contributed by atoms with Crippen LogP contribution < -0.4 is 5.32 Å². The van der Waals surface area contributed by atoms with Gasteiger partial charge in [-0.3, -0.25) is 4.90 Å². The molecule has 0 bridgehead atoms. The van der Waals surface area contributed by atoms with Gasteiger partial charge in [0, 0.05) is 6.54 Å². The Morgan fingerprint density at radius 2 is 1.95 bits per heavy atom. The summed E-state index contributed by atoms with van der Waals surface area (Å²) < 4.78 is 0. The van der Waals surface area contributed by atoms with Crippen LogP contribution in [0.5, 0.6) is 0 Å². The summed E-state index contributed by atoms with van der Waals surface area (Å²) in [6, 6.07) is 7.24. The van der Waals surface area contributed by atoms with Crippen molar-refractivity contribution in [2.24, 2.45) is 5.92 Å². The minimum atomic E-state index is -0.859. The second-order valence-corrected chi connectivity index (χ2v) is 5.61. The maximum absolute atomic E-state index is 10.8. The van der Waals surface area contributed by atoms with Gasteiger partial charge >= 0.3 is 5.97 Å². The van der Waals surface area contributed by atoms with Crippen molar-refractivity contribution in [2.75, 3.05) is 26.7 Å². The summed E-state index contributed by atoms with van der Waals surface area (Å²) in [5, 5.41) is 12.1. The molecule has 0 spiro atoms. The molecule has 0 aromatic heterocycles. The molecule has 0 radical (unpaired) electrons. The lowest BCUT2D eigenvalue weighted by Gasteiger charge is -2.32. The molecule has 1 saturated heterocycles. The summed E-state index contributed by atoms with van der Waals surface area (Å²) in [7, 11) is 2.01. The van der Waals surface area contributed by atoms with Gasteiger partial charge in [0.05, 0.1) is 5.56 Å². The Labute approximate surface area is 120 Å². The zero-order valence-corrected chi connectivity index (χ0v) is 12.1. The monoisotopic (exact) mass is 276 g/mol. The van der Waals surface area contributed by atoms with E-state index in [1.165, 1.54) is 24.8 Å². The lowest BCUT2D eigenvalue weighted by molar-refractivity contribution is 0.0697. The van der Waals surface area contributed by atoms with E-state index in [1.54, 1.807) is 12.1 Å². The topological polar surface area (TPSA) is 52.6 Å². The predicted molar refractivity (Wildman–Crippen MR) is 79.9 cm³/mol. The molecule has 1 aliphatic heterocycles. The van der Waals surface area contributed by atoms with Crippen molar-refractivity contribution in [1.82, 2.24) is 10.2 Å². The SMILES string of the molecule is CNCCC1CCN(Cc2ccc(C(=O)O)cc2)CC1. The van der Waals surface area contributed by atoms with Crippen molar-refractivity contribution >= 4 is 5.97 Å². The van der Waals surface area contributed by atoms with Crippen LogP contribution in [0.25, 0.3) is 0 Å². The molecule has 0 amide bonds. The average molecular weight is 276 g/mol. The number of rotatable bonds is 6. The quantitative estimate of drug-likeness (QED) is 0.836. The van der Waals surface area contributed by atoms with Crippen LogP contribution in [-0.2, 0) is 6.54 Å². The first-order chi connectivity index (χ1) is 9.69. The number of piperidine rings is 1. The minimum absolute atomic E-state index is 0.361. The minimum Gasteiger partial charge on any atom is -0.478 e. The van der Waals surface area contributed by atoms with Crippen molar-refractivity contribution < 1.29 is 9.90 Å². The van der Waals surface area contributed by atoms with E-state index >= 15 is 0 Å². The highest BCUT2D eigenvalue weighted by Crippen LogP contribution is 2.21. The van der Waals surface area contributed by atoms with Gasteiger partial charge in [-0.05, 0) is 69.6 Å². The van der Waals surface area contributed by atoms with Gasteiger partial charge in [0.15, 0.2) is 0 Å². The lowest BCUT2D eigenvalue weighted by atomic mass is 9.93. The molecule has 0 atom stereocenters. The molecule has 2 rings (SSSR count). The largest absolute Gasteiger partial charge is 0.478 e. The number of likely N-dealkylation sites (tertiary alicyclic amines) is 1. The van der Waals surface area contributed by atoms with Crippen molar-refractivity contribution in [3.8, 4) is 0 Å². The number of nitrogens with one attached hydrogen (secondary N) is 1. The van der Waals surface area contributed by atoms with Crippen molar-refractivity contribution in [3.63, 3.8) is 0 Å². The smallest absolute Gasteiger partial charge is 0.335 e. The molecular formula is C16H24N2O2. The average Bonchev–Trinajstić information content (AvgIpc) is 2.47. The zero-order valence-electron chi connectivity index (χ0n) is 12.1. The number of hydrogen-bond acceptors (Lipinski definition) is 3. The fourth-order valence-corrected chi connectivity index (χ4v) is 2.79. The second-order valence-electron chi connectivity index (χ2n) is 5.61. The normalized spacial score (nSPS) is 17.2. The molecule has 1 aromatic rings. The van der Waals surface area contributed by atoms with E-state index in [4.69, 9.17) is 5.11 Å². The molecule has 4 heteroatoms. The van der Waals surface area contributed by atoms with E-state index in [1.807, 2.05) is 19.2 Å². The Bertz CT molecular complexity index is 423. The molecule has 1 aliphatic rings.